The first-order valence-corrected chi connectivity index (χ1v) is 17.2. The van der Waals surface area contributed by atoms with Gasteiger partial charge in [-0.15, -0.1) is 0 Å². The second-order valence-electron chi connectivity index (χ2n) is 13.8. The molecule has 0 saturated carbocycles. The molecule has 0 aliphatic heterocycles. The lowest BCUT2D eigenvalue weighted by Gasteiger charge is -2.22. The van der Waals surface area contributed by atoms with Gasteiger partial charge < -0.3 is 0 Å². The maximum Gasteiger partial charge on any atom is 0.0159 e. The Hall–Kier alpha value is -5.98. The van der Waals surface area contributed by atoms with Crippen molar-refractivity contribution in [3.63, 3.8) is 0 Å². The highest BCUT2D eigenvalue weighted by atomic mass is 14.4. The van der Waals surface area contributed by atoms with E-state index in [0.717, 1.165) is 0 Å². The van der Waals surface area contributed by atoms with E-state index in [-0.39, 0.29) is 5.41 Å². The zero-order valence-corrected chi connectivity index (χ0v) is 27.8. The normalized spacial score (nSPS) is 12.9. The molecule has 0 amide bonds. The van der Waals surface area contributed by atoms with Crippen molar-refractivity contribution in [3.05, 3.63) is 193 Å². The van der Waals surface area contributed by atoms with E-state index in [1.165, 1.54) is 88.7 Å². The summed E-state index contributed by atoms with van der Waals surface area (Å²) in [5.41, 5.74) is 17.7. The molecular formula is C49H36. The van der Waals surface area contributed by atoms with Crippen molar-refractivity contribution in [1.29, 1.82) is 0 Å². The topological polar surface area (TPSA) is 0 Å². The highest BCUT2D eigenvalue weighted by molar-refractivity contribution is 6.03. The lowest BCUT2D eigenvalue weighted by Crippen LogP contribution is -2.15. The van der Waals surface area contributed by atoms with E-state index < -0.39 is 0 Å². The molecule has 0 heterocycles. The average Bonchev–Trinajstić information content (AvgIpc) is 3.41. The lowest BCUT2D eigenvalue weighted by atomic mass is 9.81. The van der Waals surface area contributed by atoms with Crippen molar-refractivity contribution < 1.29 is 0 Å². The molecule has 0 spiro atoms. The first-order chi connectivity index (χ1) is 24.0. The monoisotopic (exact) mass is 624 g/mol. The summed E-state index contributed by atoms with van der Waals surface area (Å²) in [7, 11) is 0. The average molecular weight is 625 g/mol. The van der Waals surface area contributed by atoms with Crippen molar-refractivity contribution in [2.45, 2.75) is 19.3 Å². The van der Waals surface area contributed by atoms with Crippen LogP contribution in [0, 0.1) is 0 Å². The Balaban J connectivity index is 1.10. The van der Waals surface area contributed by atoms with Crippen LogP contribution in [0.15, 0.2) is 182 Å². The largest absolute Gasteiger partial charge is 0.0622 e. The number of fused-ring (bicyclic) bond motifs is 5. The minimum absolute atomic E-state index is 0.0659. The first-order valence-electron chi connectivity index (χ1n) is 17.2. The van der Waals surface area contributed by atoms with Gasteiger partial charge in [-0.2, -0.15) is 0 Å². The minimum atomic E-state index is -0.0659. The summed E-state index contributed by atoms with van der Waals surface area (Å²) in [4.78, 5) is 0. The smallest absolute Gasteiger partial charge is 0.0159 e. The molecule has 0 saturated heterocycles. The van der Waals surface area contributed by atoms with Gasteiger partial charge in [0.15, 0.2) is 0 Å². The molecule has 0 nitrogen and oxygen atoms in total. The summed E-state index contributed by atoms with van der Waals surface area (Å²) < 4.78 is 0. The van der Waals surface area contributed by atoms with Gasteiger partial charge in [-0.05, 0) is 125 Å². The van der Waals surface area contributed by atoms with Crippen molar-refractivity contribution in [2.75, 3.05) is 0 Å². The third-order valence-corrected chi connectivity index (χ3v) is 10.4. The fourth-order valence-corrected chi connectivity index (χ4v) is 7.83. The van der Waals surface area contributed by atoms with Crippen molar-refractivity contribution >= 4 is 10.8 Å². The molecule has 232 valence electrons. The molecule has 0 unspecified atom stereocenters. The Morgan fingerprint density at radius 1 is 0.306 bits per heavy atom. The summed E-state index contributed by atoms with van der Waals surface area (Å²) in [5.74, 6) is 0. The van der Waals surface area contributed by atoms with E-state index in [2.05, 4.69) is 196 Å². The van der Waals surface area contributed by atoms with Crippen LogP contribution in [-0.2, 0) is 5.41 Å². The molecule has 49 heavy (non-hydrogen) atoms. The Morgan fingerprint density at radius 3 is 1.35 bits per heavy atom. The van der Waals surface area contributed by atoms with Gasteiger partial charge in [-0.1, -0.05) is 159 Å². The Labute approximate surface area is 289 Å². The molecule has 0 bridgehead atoms. The van der Waals surface area contributed by atoms with Crippen molar-refractivity contribution in [2.24, 2.45) is 0 Å². The molecule has 0 fully saturated rings. The van der Waals surface area contributed by atoms with Crippen LogP contribution in [-0.4, -0.2) is 0 Å². The highest BCUT2D eigenvalue weighted by Gasteiger charge is 2.36. The van der Waals surface area contributed by atoms with Crippen LogP contribution >= 0.6 is 0 Å². The SMILES string of the molecule is CC1(C)c2cc(-c3cccc(-c4cccc(-c5cc(-c6ccccc6)cc(-c6ccccc6)c5)c4)c3)ccc2-c2c1ccc1ccccc21. The molecule has 0 N–H and O–H groups in total. The van der Waals surface area contributed by atoms with Gasteiger partial charge in [-0.3, -0.25) is 0 Å². The van der Waals surface area contributed by atoms with E-state index >= 15 is 0 Å². The minimum Gasteiger partial charge on any atom is -0.0622 e. The van der Waals surface area contributed by atoms with Gasteiger partial charge in [0.2, 0.25) is 0 Å². The van der Waals surface area contributed by atoms with E-state index in [1.54, 1.807) is 0 Å². The van der Waals surface area contributed by atoms with Crippen LogP contribution in [0.3, 0.4) is 0 Å². The van der Waals surface area contributed by atoms with E-state index in [4.69, 9.17) is 0 Å². The van der Waals surface area contributed by atoms with Crippen LogP contribution in [0.2, 0.25) is 0 Å². The van der Waals surface area contributed by atoms with Crippen LogP contribution in [0.1, 0.15) is 25.0 Å². The number of hydrogen-bond donors (Lipinski definition) is 0. The molecule has 1 aliphatic carbocycles. The van der Waals surface area contributed by atoms with Crippen LogP contribution < -0.4 is 0 Å². The summed E-state index contributed by atoms with van der Waals surface area (Å²) in [6.07, 6.45) is 0. The molecule has 9 rings (SSSR count). The highest BCUT2D eigenvalue weighted by Crippen LogP contribution is 2.52. The Morgan fingerprint density at radius 2 is 0.755 bits per heavy atom. The van der Waals surface area contributed by atoms with Crippen LogP contribution in [0.4, 0.5) is 0 Å². The lowest BCUT2D eigenvalue weighted by molar-refractivity contribution is 0.661. The third-order valence-electron chi connectivity index (χ3n) is 10.4. The third kappa shape index (κ3) is 5.09. The number of rotatable bonds is 5. The fraction of sp³-hybridized carbons (Fsp3) is 0.0612. The van der Waals surface area contributed by atoms with Gasteiger partial charge in [0.25, 0.3) is 0 Å². The molecule has 0 heteroatoms. The number of benzene rings is 8. The summed E-state index contributed by atoms with van der Waals surface area (Å²) in [6, 6.07) is 66.8. The standard InChI is InChI=1S/C49H36/c1-49(2)46-26-24-35-17-9-10-22-44(35)48(46)45-25-23-40(32-47(45)49)38-20-11-18-36(27-38)37-19-12-21-39(28-37)43-30-41(33-13-5-3-6-14-33)29-42(31-43)34-15-7-4-8-16-34/h3-32H,1-2H3. The molecule has 8 aromatic rings. The zero-order chi connectivity index (χ0) is 33.0. The molecule has 0 radical (unpaired) electrons. The van der Waals surface area contributed by atoms with Gasteiger partial charge in [0.05, 0.1) is 0 Å². The Kier molecular flexibility index (Phi) is 6.92. The van der Waals surface area contributed by atoms with Gasteiger partial charge in [-0.25, -0.2) is 0 Å². The molecular weight excluding hydrogens is 589 g/mol. The van der Waals surface area contributed by atoms with Gasteiger partial charge in [0, 0.05) is 5.41 Å². The maximum atomic E-state index is 2.43. The van der Waals surface area contributed by atoms with E-state index in [1.807, 2.05) is 0 Å². The summed E-state index contributed by atoms with van der Waals surface area (Å²) in [5, 5.41) is 2.64. The van der Waals surface area contributed by atoms with Gasteiger partial charge >= 0.3 is 0 Å². The van der Waals surface area contributed by atoms with Gasteiger partial charge in [0.1, 0.15) is 0 Å². The van der Waals surface area contributed by atoms with E-state index in [0.29, 0.717) is 0 Å². The van der Waals surface area contributed by atoms with E-state index in [9.17, 15) is 0 Å². The summed E-state index contributed by atoms with van der Waals surface area (Å²) in [6.45, 7) is 4.74. The second kappa shape index (κ2) is 11.6. The zero-order valence-electron chi connectivity index (χ0n) is 27.8. The van der Waals surface area contributed by atoms with Crippen LogP contribution in [0.5, 0.6) is 0 Å². The van der Waals surface area contributed by atoms with Crippen LogP contribution in [0.25, 0.3) is 77.5 Å². The Bertz CT molecular complexity index is 2440. The number of hydrogen-bond acceptors (Lipinski definition) is 0. The second-order valence-corrected chi connectivity index (χ2v) is 13.8. The summed E-state index contributed by atoms with van der Waals surface area (Å²) >= 11 is 0. The fourth-order valence-electron chi connectivity index (χ4n) is 7.83. The molecule has 0 atom stereocenters. The maximum absolute atomic E-state index is 2.43. The predicted molar refractivity (Wildman–Crippen MR) is 209 cm³/mol. The molecule has 0 aromatic heterocycles. The van der Waals surface area contributed by atoms with Crippen molar-refractivity contribution in [3.8, 4) is 66.8 Å². The predicted octanol–water partition coefficient (Wildman–Crippen LogP) is 13.5. The first kappa shape index (κ1) is 29.2. The van der Waals surface area contributed by atoms with Crippen molar-refractivity contribution in [1.82, 2.24) is 0 Å². The molecule has 8 aromatic carbocycles. The quantitative estimate of drug-likeness (QED) is 0.179. The molecule has 1 aliphatic rings.